The molecule has 0 spiro atoms. The zero-order chi connectivity index (χ0) is 20.4. The number of aromatic nitrogens is 1. The van der Waals surface area contributed by atoms with Crippen LogP contribution in [0.5, 0.6) is 0 Å². The van der Waals surface area contributed by atoms with Crippen LogP contribution in [0.15, 0.2) is 72.9 Å². The van der Waals surface area contributed by atoms with Gasteiger partial charge in [-0.15, -0.1) is 0 Å². The fourth-order valence-electron chi connectivity index (χ4n) is 4.24. The molecule has 1 aliphatic rings. The number of rotatable bonds is 1. The molecule has 0 unspecified atom stereocenters. The minimum atomic E-state index is -4.52. The van der Waals surface area contributed by atoms with Crippen molar-refractivity contribution in [3.63, 3.8) is 0 Å². The van der Waals surface area contributed by atoms with Crippen LogP contribution in [0, 0.1) is 0 Å². The predicted molar refractivity (Wildman–Crippen MR) is 118 cm³/mol. The van der Waals surface area contributed by atoms with Crippen molar-refractivity contribution in [3.8, 4) is 22.4 Å². The van der Waals surface area contributed by atoms with Crippen molar-refractivity contribution in [2.24, 2.45) is 0 Å². The molecule has 0 aliphatic carbocycles. The van der Waals surface area contributed by atoms with Crippen LogP contribution in [0.25, 0.3) is 33.2 Å². The summed E-state index contributed by atoms with van der Waals surface area (Å²) in [6, 6.07) is 21.5. The molecule has 0 saturated heterocycles. The van der Waals surface area contributed by atoms with Crippen molar-refractivity contribution < 1.29 is 7.67 Å². The van der Waals surface area contributed by atoms with Gasteiger partial charge in [-0.2, -0.15) is 0 Å². The molecule has 144 valence electrons. The van der Waals surface area contributed by atoms with Gasteiger partial charge in [0.15, 0.2) is 0 Å². The Morgan fingerprint density at radius 2 is 1.55 bits per heavy atom. The Labute approximate surface area is 172 Å². The molecule has 0 saturated carbocycles. The molecule has 0 atom stereocenters. The van der Waals surface area contributed by atoms with Crippen molar-refractivity contribution in [3.05, 3.63) is 78.5 Å². The zero-order valence-corrected chi connectivity index (χ0v) is 18.3. The average Bonchev–Trinajstić information content (AvgIpc) is 2.94. The first-order valence-electron chi connectivity index (χ1n) is 9.65. The van der Waals surface area contributed by atoms with E-state index in [4.69, 9.17) is 0 Å². The van der Waals surface area contributed by atoms with Crippen LogP contribution >= 0.6 is 0 Å². The number of hydrogen-bond donors (Lipinski definition) is 0. The van der Waals surface area contributed by atoms with E-state index >= 15 is 0 Å². The van der Waals surface area contributed by atoms with Crippen LogP contribution in [-0.4, -0.2) is 17.7 Å². The van der Waals surface area contributed by atoms with Gasteiger partial charge in [0.05, 0.1) is 0 Å². The number of pyridine rings is 1. The minimum absolute atomic E-state index is 0.0819. The Morgan fingerprint density at radius 3 is 2.34 bits per heavy atom. The molecule has 0 fully saturated rings. The van der Waals surface area contributed by atoms with E-state index < -0.39 is 12.7 Å². The van der Waals surface area contributed by atoms with E-state index in [1.807, 2.05) is 30.3 Å². The van der Waals surface area contributed by atoms with E-state index in [0.717, 1.165) is 22.1 Å². The molecule has 4 heteroatoms. The molecule has 3 aromatic carbocycles. The van der Waals surface area contributed by atoms with Gasteiger partial charge in [-0.25, -0.2) is 0 Å². The third-order valence-corrected chi connectivity index (χ3v) is 9.54. The van der Waals surface area contributed by atoms with Gasteiger partial charge in [-0.1, -0.05) is 0 Å². The molecular formula is C25H21NO2Se. The first-order valence-corrected chi connectivity index (χ1v) is 12.8. The van der Waals surface area contributed by atoms with Crippen molar-refractivity contribution in [1.82, 2.24) is 4.98 Å². The summed E-state index contributed by atoms with van der Waals surface area (Å²) < 4.78 is 27.7. The molecular weight excluding hydrogens is 425 g/mol. The number of benzene rings is 3. The van der Waals surface area contributed by atoms with Crippen LogP contribution in [0.3, 0.4) is 0 Å². The molecule has 2 heterocycles. The second-order valence-electron chi connectivity index (χ2n) is 8.53. The van der Waals surface area contributed by atoms with Gasteiger partial charge in [0.2, 0.25) is 0 Å². The van der Waals surface area contributed by atoms with Crippen LogP contribution in [-0.2, 0) is 13.1 Å². The van der Waals surface area contributed by atoms with E-state index in [1.165, 1.54) is 10.9 Å². The van der Waals surface area contributed by atoms with Crippen LogP contribution in [0.4, 0.5) is 0 Å². The van der Waals surface area contributed by atoms with Gasteiger partial charge in [-0.3, -0.25) is 0 Å². The topological polar surface area (TPSA) is 47.0 Å². The van der Waals surface area contributed by atoms with Gasteiger partial charge in [0.1, 0.15) is 0 Å². The fourth-order valence-corrected chi connectivity index (χ4v) is 8.10. The molecule has 29 heavy (non-hydrogen) atoms. The summed E-state index contributed by atoms with van der Waals surface area (Å²) in [7, 11) is 0. The predicted octanol–water partition coefficient (Wildman–Crippen LogP) is 4.60. The van der Waals surface area contributed by atoms with E-state index in [2.05, 4.69) is 50.0 Å². The SMILES string of the molecule is CC(C)(C)c1cc(-c2nccc3c2[Se](=O)(=O)c2ccccc2-3)cc2ccccc12. The van der Waals surface area contributed by atoms with Gasteiger partial charge < -0.3 is 0 Å². The van der Waals surface area contributed by atoms with E-state index in [9.17, 15) is 7.67 Å². The van der Waals surface area contributed by atoms with Crippen molar-refractivity contribution >= 4 is 32.4 Å². The van der Waals surface area contributed by atoms with E-state index in [0.29, 0.717) is 14.6 Å². The Bertz CT molecular complexity index is 1400. The van der Waals surface area contributed by atoms with Crippen LogP contribution in [0.2, 0.25) is 0 Å². The Hall–Kier alpha value is -2.81. The van der Waals surface area contributed by atoms with E-state index in [-0.39, 0.29) is 5.41 Å². The first kappa shape index (κ1) is 18.2. The Kier molecular flexibility index (Phi) is 3.83. The number of hydrogen-bond acceptors (Lipinski definition) is 3. The third kappa shape index (κ3) is 2.67. The Morgan fingerprint density at radius 1 is 0.828 bits per heavy atom. The molecule has 1 aliphatic heterocycles. The standard InChI is InChI=1S/C25H21NO2Se/c1-25(2,3)21-15-17(14-16-8-4-5-9-18(16)21)23-24-20(12-13-26-23)19-10-6-7-11-22(19)29(24,27)28/h4-15H,1-3H3. The second-order valence-corrected chi connectivity index (χ2v) is 12.4. The zero-order valence-electron chi connectivity index (χ0n) is 16.6. The maximum absolute atomic E-state index is 13.4. The monoisotopic (exact) mass is 447 g/mol. The summed E-state index contributed by atoms with van der Waals surface area (Å²) in [6.07, 6.45) is 1.72. The summed E-state index contributed by atoms with van der Waals surface area (Å²) in [5.74, 6) is 0. The molecule has 4 aromatic rings. The molecule has 5 rings (SSSR count). The summed E-state index contributed by atoms with van der Waals surface area (Å²) >= 11 is -4.52. The summed E-state index contributed by atoms with van der Waals surface area (Å²) in [6.45, 7) is 6.54. The molecule has 0 bridgehead atoms. The molecule has 0 N–H and O–H groups in total. The number of fused-ring (bicyclic) bond motifs is 4. The van der Waals surface area contributed by atoms with Crippen LogP contribution < -0.4 is 8.92 Å². The van der Waals surface area contributed by atoms with Gasteiger partial charge >= 0.3 is 172 Å². The quantitative estimate of drug-likeness (QED) is 0.354. The van der Waals surface area contributed by atoms with Gasteiger partial charge in [0, 0.05) is 0 Å². The van der Waals surface area contributed by atoms with Gasteiger partial charge in [-0.05, 0) is 0 Å². The third-order valence-electron chi connectivity index (χ3n) is 5.58. The fraction of sp³-hybridized carbons (Fsp3) is 0.160. The van der Waals surface area contributed by atoms with Gasteiger partial charge in [0.25, 0.3) is 0 Å². The normalized spacial score (nSPS) is 14.6. The van der Waals surface area contributed by atoms with Crippen molar-refractivity contribution in [2.45, 2.75) is 26.2 Å². The summed E-state index contributed by atoms with van der Waals surface area (Å²) in [5, 5.41) is 2.28. The Balaban J connectivity index is 1.86. The second kappa shape index (κ2) is 6.09. The average molecular weight is 446 g/mol. The van der Waals surface area contributed by atoms with Crippen molar-refractivity contribution in [2.75, 3.05) is 0 Å². The molecule has 0 radical (unpaired) electrons. The number of nitrogens with zero attached hydrogens (tertiary/aromatic N) is 1. The maximum atomic E-state index is 13.4. The van der Waals surface area contributed by atoms with Crippen molar-refractivity contribution in [1.29, 1.82) is 0 Å². The van der Waals surface area contributed by atoms with Crippen LogP contribution in [0.1, 0.15) is 26.3 Å². The van der Waals surface area contributed by atoms with E-state index in [1.54, 1.807) is 18.3 Å². The summed E-state index contributed by atoms with van der Waals surface area (Å²) in [5.41, 5.74) is 4.06. The summed E-state index contributed by atoms with van der Waals surface area (Å²) in [4.78, 5) is 4.57. The molecule has 0 amide bonds. The first-order chi connectivity index (χ1) is 13.8. The molecule has 3 nitrogen and oxygen atoms in total. The molecule has 1 aromatic heterocycles.